The Kier molecular flexibility index (Phi) is 7.04. The van der Waals surface area contributed by atoms with Crippen LogP contribution in [0, 0.1) is 11.7 Å². The molecule has 0 spiro atoms. The topological polar surface area (TPSA) is 104 Å². The molecule has 1 aliphatic rings. The molecule has 1 atom stereocenters. The number of para-hydroxylation sites is 1. The van der Waals surface area contributed by atoms with Crippen LogP contribution < -0.4 is 10.6 Å². The van der Waals surface area contributed by atoms with Crippen molar-refractivity contribution in [3.63, 3.8) is 0 Å². The van der Waals surface area contributed by atoms with Crippen molar-refractivity contribution in [3.05, 3.63) is 76.0 Å². The highest BCUT2D eigenvalue weighted by atomic mass is 32.1. The summed E-state index contributed by atoms with van der Waals surface area (Å²) in [5, 5.41) is 13.5. The number of halogens is 1. The molecule has 170 valence electrons. The predicted octanol–water partition coefficient (Wildman–Crippen LogP) is 3.10. The van der Waals surface area contributed by atoms with Gasteiger partial charge in [-0.15, -0.1) is 10.2 Å². The maximum atomic E-state index is 13.3. The number of hydrogen-bond acceptors (Lipinski definition) is 6. The van der Waals surface area contributed by atoms with E-state index in [1.54, 1.807) is 41.3 Å². The van der Waals surface area contributed by atoms with Gasteiger partial charge >= 0.3 is 0 Å². The molecule has 2 aromatic carbocycles. The SMILES string of the molecule is O=C(Nc1ccccc1)c1nnc(C(=O)N2CCC[C@@H](C(=O)NCc3cccc(F)c3)C2)s1. The van der Waals surface area contributed by atoms with Gasteiger partial charge in [-0.3, -0.25) is 14.4 Å². The number of likely N-dealkylation sites (tertiary alicyclic amines) is 1. The fourth-order valence-electron chi connectivity index (χ4n) is 3.60. The number of nitrogens with one attached hydrogen (secondary N) is 2. The lowest BCUT2D eigenvalue weighted by Crippen LogP contribution is -2.45. The van der Waals surface area contributed by atoms with Gasteiger partial charge in [0.25, 0.3) is 11.8 Å². The summed E-state index contributed by atoms with van der Waals surface area (Å²) >= 11 is 0.919. The second-order valence-corrected chi connectivity index (χ2v) is 8.65. The number of piperidine rings is 1. The molecule has 1 saturated heterocycles. The van der Waals surface area contributed by atoms with E-state index in [0.717, 1.165) is 11.3 Å². The van der Waals surface area contributed by atoms with E-state index in [2.05, 4.69) is 20.8 Å². The van der Waals surface area contributed by atoms with Gasteiger partial charge in [-0.25, -0.2) is 4.39 Å². The van der Waals surface area contributed by atoms with Crippen molar-refractivity contribution in [1.29, 1.82) is 0 Å². The standard InChI is InChI=1S/C23H22FN5O3S/c24-17-8-4-6-15(12-17)13-25-19(30)16-7-5-11-29(14-16)23(32)22-28-27-21(33-22)20(31)26-18-9-2-1-3-10-18/h1-4,6,8-10,12,16H,5,7,11,13-14H2,(H,25,30)(H,26,31)/t16-/m1/s1. The zero-order chi connectivity index (χ0) is 23.2. The van der Waals surface area contributed by atoms with E-state index in [1.165, 1.54) is 12.1 Å². The molecular weight excluding hydrogens is 445 g/mol. The third kappa shape index (κ3) is 5.78. The molecule has 0 saturated carbocycles. The molecule has 1 aliphatic heterocycles. The minimum absolute atomic E-state index is 0.0867. The number of nitrogens with zero attached hydrogens (tertiary/aromatic N) is 3. The Hall–Kier alpha value is -3.66. The Bertz CT molecular complexity index is 1150. The lowest BCUT2D eigenvalue weighted by atomic mass is 9.97. The molecule has 3 aromatic rings. The minimum atomic E-state index is -0.439. The predicted molar refractivity (Wildman–Crippen MR) is 121 cm³/mol. The third-order valence-electron chi connectivity index (χ3n) is 5.27. The summed E-state index contributed by atoms with van der Waals surface area (Å²) in [4.78, 5) is 39.5. The van der Waals surface area contributed by atoms with Crippen molar-refractivity contribution in [2.75, 3.05) is 18.4 Å². The quantitative estimate of drug-likeness (QED) is 0.580. The average Bonchev–Trinajstić information content (AvgIpc) is 3.33. The van der Waals surface area contributed by atoms with Crippen molar-refractivity contribution < 1.29 is 18.8 Å². The van der Waals surface area contributed by atoms with Crippen LogP contribution in [0.3, 0.4) is 0 Å². The summed E-state index contributed by atoms with van der Waals surface area (Å²) in [6.07, 6.45) is 1.32. The molecule has 3 amide bonds. The fourth-order valence-corrected chi connectivity index (χ4v) is 4.31. The van der Waals surface area contributed by atoms with Crippen LogP contribution in [0.4, 0.5) is 10.1 Å². The Balaban J connectivity index is 1.33. The van der Waals surface area contributed by atoms with Crippen molar-refractivity contribution in [1.82, 2.24) is 20.4 Å². The Morgan fingerprint density at radius 2 is 1.85 bits per heavy atom. The number of benzene rings is 2. The summed E-state index contributed by atoms with van der Waals surface area (Å²) in [5.74, 6) is -1.70. The molecule has 0 radical (unpaired) electrons. The smallest absolute Gasteiger partial charge is 0.286 e. The molecular formula is C23H22FN5O3S. The van der Waals surface area contributed by atoms with Crippen LogP contribution in [-0.4, -0.2) is 45.9 Å². The van der Waals surface area contributed by atoms with Crippen LogP contribution in [0.15, 0.2) is 54.6 Å². The van der Waals surface area contributed by atoms with Gasteiger partial charge in [0.2, 0.25) is 15.9 Å². The number of amides is 3. The highest BCUT2D eigenvalue weighted by Crippen LogP contribution is 2.21. The van der Waals surface area contributed by atoms with E-state index in [0.29, 0.717) is 30.6 Å². The van der Waals surface area contributed by atoms with Crippen molar-refractivity contribution in [3.8, 4) is 0 Å². The second-order valence-electron chi connectivity index (χ2n) is 7.67. The molecule has 1 aromatic heterocycles. The van der Waals surface area contributed by atoms with Gasteiger partial charge in [0, 0.05) is 25.3 Å². The first kappa shape index (κ1) is 22.5. The molecule has 0 bridgehead atoms. The maximum absolute atomic E-state index is 13.3. The largest absolute Gasteiger partial charge is 0.352 e. The van der Waals surface area contributed by atoms with Crippen LogP contribution >= 0.6 is 11.3 Å². The first-order valence-corrected chi connectivity index (χ1v) is 11.3. The second kappa shape index (κ2) is 10.3. The van der Waals surface area contributed by atoms with Crippen LogP contribution in [0.5, 0.6) is 0 Å². The van der Waals surface area contributed by atoms with E-state index >= 15 is 0 Å². The van der Waals surface area contributed by atoms with E-state index in [4.69, 9.17) is 0 Å². The highest BCUT2D eigenvalue weighted by Gasteiger charge is 2.30. The summed E-state index contributed by atoms with van der Waals surface area (Å²) in [7, 11) is 0. The molecule has 33 heavy (non-hydrogen) atoms. The molecule has 10 heteroatoms. The van der Waals surface area contributed by atoms with E-state index in [1.807, 2.05) is 6.07 Å². The summed E-state index contributed by atoms with van der Waals surface area (Å²) in [6, 6.07) is 15.0. The highest BCUT2D eigenvalue weighted by molar-refractivity contribution is 7.15. The molecule has 2 N–H and O–H groups in total. The average molecular weight is 468 g/mol. The van der Waals surface area contributed by atoms with Gasteiger partial charge in [0.15, 0.2) is 0 Å². The van der Waals surface area contributed by atoms with Crippen LogP contribution in [-0.2, 0) is 11.3 Å². The first-order valence-electron chi connectivity index (χ1n) is 10.5. The first-order chi connectivity index (χ1) is 16.0. The van der Waals surface area contributed by atoms with E-state index < -0.39 is 5.91 Å². The Morgan fingerprint density at radius 1 is 1.06 bits per heavy atom. The van der Waals surface area contributed by atoms with Gasteiger partial charge in [-0.1, -0.05) is 41.7 Å². The van der Waals surface area contributed by atoms with Crippen LogP contribution in [0.1, 0.15) is 38.0 Å². The van der Waals surface area contributed by atoms with Crippen molar-refractivity contribution in [2.24, 2.45) is 5.92 Å². The third-order valence-corrected chi connectivity index (χ3v) is 6.18. The Labute approximate surface area is 193 Å². The lowest BCUT2D eigenvalue weighted by Gasteiger charge is -2.31. The molecule has 1 fully saturated rings. The van der Waals surface area contributed by atoms with E-state index in [-0.39, 0.29) is 46.7 Å². The minimum Gasteiger partial charge on any atom is -0.352 e. The van der Waals surface area contributed by atoms with Gasteiger partial charge in [0.1, 0.15) is 5.82 Å². The van der Waals surface area contributed by atoms with Gasteiger partial charge in [0.05, 0.1) is 5.92 Å². The number of aromatic nitrogens is 2. The van der Waals surface area contributed by atoms with Crippen molar-refractivity contribution in [2.45, 2.75) is 19.4 Å². The Morgan fingerprint density at radius 3 is 2.64 bits per heavy atom. The zero-order valence-electron chi connectivity index (χ0n) is 17.7. The van der Waals surface area contributed by atoms with Gasteiger partial charge < -0.3 is 15.5 Å². The molecule has 0 aliphatic carbocycles. The monoisotopic (exact) mass is 467 g/mol. The number of rotatable bonds is 6. The van der Waals surface area contributed by atoms with Gasteiger partial charge in [-0.05, 0) is 42.7 Å². The molecule has 0 unspecified atom stereocenters. The molecule has 4 rings (SSSR count). The number of carbonyl (C=O) groups is 3. The fraction of sp³-hybridized carbons (Fsp3) is 0.261. The normalized spacial score (nSPS) is 15.7. The summed E-state index contributed by atoms with van der Waals surface area (Å²) in [5.41, 5.74) is 1.29. The summed E-state index contributed by atoms with van der Waals surface area (Å²) < 4.78 is 13.3. The van der Waals surface area contributed by atoms with Crippen LogP contribution in [0.25, 0.3) is 0 Å². The van der Waals surface area contributed by atoms with E-state index in [9.17, 15) is 18.8 Å². The summed E-state index contributed by atoms with van der Waals surface area (Å²) in [6.45, 7) is 0.966. The van der Waals surface area contributed by atoms with Gasteiger partial charge in [-0.2, -0.15) is 0 Å². The molecule has 8 nitrogen and oxygen atoms in total. The number of anilines is 1. The maximum Gasteiger partial charge on any atom is 0.286 e. The zero-order valence-corrected chi connectivity index (χ0v) is 18.5. The van der Waals surface area contributed by atoms with Crippen molar-refractivity contribution >= 4 is 34.7 Å². The molecule has 2 heterocycles. The lowest BCUT2D eigenvalue weighted by molar-refractivity contribution is -0.126. The number of carbonyl (C=O) groups excluding carboxylic acids is 3. The number of hydrogen-bond donors (Lipinski definition) is 2. The van der Waals surface area contributed by atoms with Crippen LogP contribution in [0.2, 0.25) is 0 Å².